The van der Waals surface area contributed by atoms with Gasteiger partial charge in [-0.05, 0) is 31.3 Å². The Kier molecular flexibility index (Phi) is 1.19. The minimum Gasteiger partial charge on any atom is -0.306 e. The molecule has 0 N–H and O–H groups in total. The second-order valence-corrected chi connectivity index (χ2v) is 3.98. The fourth-order valence-electron chi connectivity index (χ4n) is 1.96. The van der Waals surface area contributed by atoms with Crippen LogP contribution in [0.2, 0.25) is 0 Å². The van der Waals surface area contributed by atoms with E-state index in [1.165, 1.54) is 19.5 Å². The van der Waals surface area contributed by atoms with Gasteiger partial charge in [-0.2, -0.15) is 0 Å². The van der Waals surface area contributed by atoms with E-state index in [4.69, 9.17) is 0 Å². The molecular formula is C9H15N. The van der Waals surface area contributed by atoms with Crippen molar-refractivity contribution >= 4 is 0 Å². The zero-order valence-corrected chi connectivity index (χ0v) is 6.80. The lowest BCUT2D eigenvalue weighted by atomic mass is 9.64. The lowest BCUT2D eigenvalue weighted by Crippen LogP contribution is -2.46. The molecule has 56 valence electrons. The summed E-state index contributed by atoms with van der Waals surface area (Å²) in [6, 6.07) is 0. The van der Waals surface area contributed by atoms with Crippen molar-refractivity contribution in [2.75, 3.05) is 20.1 Å². The van der Waals surface area contributed by atoms with E-state index >= 15 is 0 Å². The molecule has 2 aliphatic rings. The van der Waals surface area contributed by atoms with Crippen LogP contribution in [0.4, 0.5) is 0 Å². The highest BCUT2D eigenvalue weighted by Crippen LogP contribution is 2.44. The summed E-state index contributed by atoms with van der Waals surface area (Å²) in [5.41, 5.74) is 0.576. The number of hydrogen-bond donors (Lipinski definition) is 0. The molecule has 0 aromatic rings. The predicted octanol–water partition coefficient (Wildman–Crippen LogP) is 1.51. The quantitative estimate of drug-likeness (QED) is 0.457. The Balaban J connectivity index is 2.11. The lowest BCUT2D eigenvalue weighted by Gasteiger charge is -2.47. The van der Waals surface area contributed by atoms with Gasteiger partial charge in [-0.1, -0.05) is 19.1 Å². The molecule has 1 nitrogen and oxygen atoms in total. The third-order valence-electron chi connectivity index (χ3n) is 3.10. The van der Waals surface area contributed by atoms with E-state index in [0.29, 0.717) is 5.41 Å². The number of likely N-dealkylation sites (tertiary alicyclic amines) is 1. The highest BCUT2D eigenvalue weighted by molar-refractivity contribution is 5.19. The molecule has 0 bridgehead atoms. The zero-order valence-electron chi connectivity index (χ0n) is 6.80. The Morgan fingerprint density at radius 1 is 1.60 bits per heavy atom. The van der Waals surface area contributed by atoms with Gasteiger partial charge in [-0.15, -0.1) is 0 Å². The summed E-state index contributed by atoms with van der Waals surface area (Å²) in [4.78, 5) is 2.43. The molecule has 1 heteroatoms. The number of piperidine rings is 1. The lowest BCUT2D eigenvalue weighted by molar-refractivity contribution is 0.107. The summed E-state index contributed by atoms with van der Waals surface area (Å²) in [5.74, 6) is 0.853. The standard InChI is InChI=1S/C9H15N/c1-9-4-3-8(9)7-10(2)6-5-9/h3-4,8H,5-7H2,1-2H3/t8-,9+/m0/s1. The van der Waals surface area contributed by atoms with Gasteiger partial charge in [0.05, 0.1) is 0 Å². The zero-order chi connectivity index (χ0) is 7.19. The molecule has 10 heavy (non-hydrogen) atoms. The molecule has 0 unspecified atom stereocenters. The van der Waals surface area contributed by atoms with Crippen LogP contribution in [-0.4, -0.2) is 25.0 Å². The first-order chi connectivity index (χ1) is 4.71. The van der Waals surface area contributed by atoms with Gasteiger partial charge in [-0.3, -0.25) is 0 Å². The van der Waals surface area contributed by atoms with E-state index in [1.807, 2.05) is 0 Å². The van der Waals surface area contributed by atoms with Crippen LogP contribution in [0.3, 0.4) is 0 Å². The van der Waals surface area contributed by atoms with E-state index in [0.717, 1.165) is 5.92 Å². The Morgan fingerprint density at radius 2 is 2.40 bits per heavy atom. The summed E-state index contributed by atoms with van der Waals surface area (Å²) < 4.78 is 0. The molecule has 0 aromatic heterocycles. The summed E-state index contributed by atoms with van der Waals surface area (Å²) in [5, 5.41) is 0. The van der Waals surface area contributed by atoms with Gasteiger partial charge in [0.15, 0.2) is 0 Å². The molecule has 1 aliphatic carbocycles. The van der Waals surface area contributed by atoms with Crippen molar-refractivity contribution in [2.45, 2.75) is 13.3 Å². The maximum Gasteiger partial charge on any atom is 0.00495 e. The van der Waals surface area contributed by atoms with Crippen molar-refractivity contribution in [1.82, 2.24) is 4.90 Å². The van der Waals surface area contributed by atoms with Crippen molar-refractivity contribution in [1.29, 1.82) is 0 Å². The minimum absolute atomic E-state index is 0.576. The van der Waals surface area contributed by atoms with Gasteiger partial charge in [0.25, 0.3) is 0 Å². The van der Waals surface area contributed by atoms with E-state index in [9.17, 15) is 0 Å². The molecule has 1 aliphatic heterocycles. The van der Waals surface area contributed by atoms with Gasteiger partial charge in [0.2, 0.25) is 0 Å². The largest absolute Gasteiger partial charge is 0.306 e. The van der Waals surface area contributed by atoms with Gasteiger partial charge in [0, 0.05) is 6.54 Å². The van der Waals surface area contributed by atoms with Crippen molar-refractivity contribution < 1.29 is 0 Å². The van der Waals surface area contributed by atoms with Gasteiger partial charge in [-0.25, -0.2) is 0 Å². The number of rotatable bonds is 0. The van der Waals surface area contributed by atoms with Gasteiger partial charge >= 0.3 is 0 Å². The topological polar surface area (TPSA) is 3.24 Å². The summed E-state index contributed by atoms with van der Waals surface area (Å²) in [6.07, 6.45) is 6.09. The third-order valence-corrected chi connectivity index (χ3v) is 3.10. The van der Waals surface area contributed by atoms with Crippen LogP contribution in [-0.2, 0) is 0 Å². The molecule has 0 saturated carbocycles. The average Bonchev–Trinajstić information content (AvgIpc) is 1.91. The van der Waals surface area contributed by atoms with Crippen LogP contribution in [0.15, 0.2) is 12.2 Å². The molecule has 0 aromatic carbocycles. The average molecular weight is 137 g/mol. The third kappa shape index (κ3) is 0.734. The Hall–Kier alpha value is -0.300. The molecule has 0 spiro atoms. The summed E-state index contributed by atoms with van der Waals surface area (Å²) >= 11 is 0. The van der Waals surface area contributed by atoms with E-state index in [-0.39, 0.29) is 0 Å². The van der Waals surface area contributed by atoms with Crippen LogP contribution < -0.4 is 0 Å². The molecule has 2 atom stereocenters. The Bertz CT molecular complexity index is 174. The van der Waals surface area contributed by atoms with Crippen molar-refractivity contribution in [3.8, 4) is 0 Å². The molecule has 1 saturated heterocycles. The second-order valence-electron chi connectivity index (χ2n) is 3.98. The molecule has 0 radical (unpaired) electrons. The molecule has 1 fully saturated rings. The van der Waals surface area contributed by atoms with E-state index in [2.05, 4.69) is 31.0 Å². The highest BCUT2D eigenvalue weighted by Gasteiger charge is 2.39. The van der Waals surface area contributed by atoms with Gasteiger partial charge < -0.3 is 4.90 Å². The first kappa shape index (κ1) is 6.41. The molecule has 2 rings (SSSR count). The number of fused-ring (bicyclic) bond motifs is 1. The molecular weight excluding hydrogens is 122 g/mol. The van der Waals surface area contributed by atoms with Gasteiger partial charge in [0.1, 0.15) is 0 Å². The number of nitrogens with zero attached hydrogens (tertiary/aromatic N) is 1. The normalized spacial score (nSPS) is 46.4. The van der Waals surface area contributed by atoms with Crippen LogP contribution in [0.25, 0.3) is 0 Å². The van der Waals surface area contributed by atoms with Crippen LogP contribution in [0, 0.1) is 11.3 Å². The van der Waals surface area contributed by atoms with Crippen LogP contribution >= 0.6 is 0 Å². The smallest absolute Gasteiger partial charge is 0.00495 e. The first-order valence-electron chi connectivity index (χ1n) is 4.09. The maximum atomic E-state index is 2.43. The Labute approximate surface area is 62.7 Å². The van der Waals surface area contributed by atoms with Crippen LogP contribution in [0.5, 0.6) is 0 Å². The van der Waals surface area contributed by atoms with E-state index in [1.54, 1.807) is 0 Å². The summed E-state index contributed by atoms with van der Waals surface area (Å²) in [6.45, 7) is 4.93. The highest BCUT2D eigenvalue weighted by atomic mass is 15.1. The fourth-order valence-corrected chi connectivity index (χ4v) is 1.96. The van der Waals surface area contributed by atoms with Crippen molar-refractivity contribution in [3.63, 3.8) is 0 Å². The SMILES string of the molecule is CN1CC[C@@]2(C)C=C[C@H]2C1. The number of hydrogen-bond acceptors (Lipinski definition) is 1. The molecule has 1 heterocycles. The minimum atomic E-state index is 0.576. The first-order valence-corrected chi connectivity index (χ1v) is 4.09. The van der Waals surface area contributed by atoms with E-state index < -0.39 is 0 Å². The summed E-state index contributed by atoms with van der Waals surface area (Å²) in [7, 11) is 2.21. The molecule has 0 amide bonds. The van der Waals surface area contributed by atoms with Crippen molar-refractivity contribution in [3.05, 3.63) is 12.2 Å². The van der Waals surface area contributed by atoms with Crippen molar-refractivity contribution in [2.24, 2.45) is 11.3 Å². The fraction of sp³-hybridized carbons (Fsp3) is 0.778. The predicted molar refractivity (Wildman–Crippen MR) is 42.9 cm³/mol. The second kappa shape index (κ2) is 1.85. The van der Waals surface area contributed by atoms with Crippen LogP contribution in [0.1, 0.15) is 13.3 Å². The monoisotopic (exact) mass is 137 g/mol. The number of allylic oxidation sites excluding steroid dienone is 1. The Morgan fingerprint density at radius 3 is 2.80 bits per heavy atom. The maximum absolute atomic E-state index is 2.43.